The molecule has 186 valence electrons. The Labute approximate surface area is 208 Å². The van der Waals surface area contributed by atoms with Gasteiger partial charge in [0.15, 0.2) is 6.61 Å². The number of hydrogen-bond acceptors (Lipinski definition) is 6. The predicted octanol–water partition coefficient (Wildman–Crippen LogP) is 3.48. The summed E-state index contributed by atoms with van der Waals surface area (Å²) < 4.78 is 10.1. The van der Waals surface area contributed by atoms with Crippen LogP contribution in [0.1, 0.15) is 31.8 Å². The summed E-state index contributed by atoms with van der Waals surface area (Å²) in [6.07, 6.45) is 0. The van der Waals surface area contributed by atoms with E-state index in [0.717, 1.165) is 11.1 Å². The first kappa shape index (κ1) is 26.0. The molecule has 0 saturated carbocycles. The Kier molecular flexibility index (Phi) is 8.77. The number of nitrogens with one attached hydrogen (secondary N) is 3. The normalized spacial score (nSPS) is 10.2. The maximum absolute atomic E-state index is 12.5. The largest absolute Gasteiger partial charge is 0.495 e. The highest BCUT2D eigenvalue weighted by Gasteiger charge is 2.13. The number of ether oxygens (including phenoxy) is 2. The molecule has 0 bridgehead atoms. The first-order valence-electron chi connectivity index (χ1n) is 11.1. The molecule has 0 aliphatic heterocycles. The lowest BCUT2D eigenvalue weighted by molar-refractivity contribution is -0.146. The van der Waals surface area contributed by atoms with Crippen LogP contribution in [0.25, 0.3) is 0 Å². The average Bonchev–Trinajstić information content (AvgIpc) is 2.88. The number of methoxy groups -OCH3 is 1. The highest BCUT2D eigenvalue weighted by Crippen LogP contribution is 2.23. The predicted molar refractivity (Wildman–Crippen MR) is 135 cm³/mol. The van der Waals surface area contributed by atoms with Crippen LogP contribution in [0, 0.1) is 13.8 Å². The van der Waals surface area contributed by atoms with Gasteiger partial charge in [0.05, 0.1) is 12.8 Å². The molecule has 0 atom stereocenters. The van der Waals surface area contributed by atoms with Crippen molar-refractivity contribution in [2.75, 3.05) is 30.9 Å². The summed E-state index contributed by atoms with van der Waals surface area (Å²) in [4.78, 5) is 48.7. The van der Waals surface area contributed by atoms with Gasteiger partial charge in [-0.05, 0) is 73.5 Å². The van der Waals surface area contributed by atoms with Crippen LogP contribution in [-0.4, -0.2) is 44.0 Å². The molecule has 0 heterocycles. The van der Waals surface area contributed by atoms with E-state index in [2.05, 4.69) is 16.0 Å². The summed E-state index contributed by atoms with van der Waals surface area (Å²) in [6.45, 7) is 2.95. The topological polar surface area (TPSA) is 123 Å². The third kappa shape index (κ3) is 7.17. The Balaban J connectivity index is 1.43. The number of amides is 3. The number of benzene rings is 3. The molecule has 0 radical (unpaired) electrons. The van der Waals surface area contributed by atoms with E-state index in [1.54, 1.807) is 60.7 Å². The average molecular weight is 490 g/mol. The van der Waals surface area contributed by atoms with E-state index in [1.807, 2.05) is 19.9 Å². The molecule has 0 aromatic heterocycles. The number of carbonyl (C=O) groups excluding carboxylic acids is 4. The summed E-state index contributed by atoms with van der Waals surface area (Å²) in [7, 11) is 1.52. The van der Waals surface area contributed by atoms with E-state index >= 15 is 0 Å². The van der Waals surface area contributed by atoms with Crippen molar-refractivity contribution < 1.29 is 28.7 Å². The van der Waals surface area contributed by atoms with Crippen LogP contribution < -0.4 is 20.7 Å². The number of rotatable bonds is 9. The summed E-state index contributed by atoms with van der Waals surface area (Å²) in [6, 6.07) is 18.5. The second-order valence-electron chi connectivity index (χ2n) is 7.92. The second kappa shape index (κ2) is 12.2. The number of aryl methyl sites for hydroxylation is 2. The molecular formula is C27H27N3O6. The van der Waals surface area contributed by atoms with E-state index in [1.165, 1.54) is 7.11 Å². The molecule has 0 aliphatic carbocycles. The molecule has 0 unspecified atom stereocenters. The maximum Gasteiger partial charge on any atom is 0.325 e. The van der Waals surface area contributed by atoms with Gasteiger partial charge < -0.3 is 25.4 Å². The Morgan fingerprint density at radius 1 is 0.778 bits per heavy atom. The first-order valence-corrected chi connectivity index (χ1v) is 11.1. The van der Waals surface area contributed by atoms with Gasteiger partial charge in [0, 0.05) is 16.8 Å². The lowest BCUT2D eigenvalue weighted by Crippen LogP contribution is -2.32. The van der Waals surface area contributed by atoms with Crippen LogP contribution in [0.4, 0.5) is 11.4 Å². The van der Waals surface area contributed by atoms with Gasteiger partial charge in [0.1, 0.15) is 12.3 Å². The minimum atomic E-state index is -0.745. The van der Waals surface area contributed by atoms with Crippen LogP contribution in [0.5, 0.6) is 5.75 Å². The van der Waals surface area contributed by atoms with Crippen molar-refractivity contribution in [3.05, 3.63) is 89.0 Å². The zero-order chi connectivity index (χ0) is 26.1. The monoisotopic (exact) mass is 489 g/mol. The quantitative estimate of drug-likeness (QED) is 0.396. The van der Waals surface area contributed by atoms with Crippen molar-refractivity contribution in [2.45, 2.75) is 13.8 Å². The maximum atomic E-state index is 12.5. The molecular weight excluding hydrogens is 462 g/mol. The molecule has 3 rings (SSSR count). The van der Waals surface area contributed by atoms with Crippen molar-refractivity contribution in [2.24, 2.45) is 0 Å². The van der Waals surface area contributed by atoms with E-state index < -0.39 is 24.4 Å². The summed E-state index contributed by atoms with van der Waals surface area (Å²) in [5, 5.41) is 7.82. The Bertz CT molecular complexity index is 1270. The Morgan fingerprint density at radius 2 is 1.47 bits per heavy atom. The van der Waals surface area contributed by atoms with Crippen LogP contribution >= 0.6 is 0 Å². The Hall–Kier alpha value is -4.66. The highest BCUT2D eigenvalue weighted by atomic mass is 16.5. The lowest BCUT2D eigenvalue weighted by atomic mass is 10.1. The number of esters is 1. The lowest BCUT2D eigenvalue weighted by Gasteiger charge is -2.11. The van der Waals surface area contributed by atoms with Gasteiger partial charge in [0.2, 0.25) is 0 Å². The van der Waals surface area contributed by atoms with Gasteiger partial charge in [-0.25, -0.2) is 0 Å². The van der Waals surface area contributed by atoms with Crippen molar-refractivity contribution in [3.8, 4) is 5.75 Å². The van der Waals surface area contributed by atoms with Gasteiger partial charge in [-0.2, -0.15) is 0 Å². The fourth-order valence-corrected chi connectivity index (χ4v) is 3.18. The van der Waals surface area contributed by atoms with Gasteiger partial charge in [-0.3, -0.25) is 19.2 Å². The Morgan fingerprint density at radius 3 is 2.17 bits per heavy atom. The third-order valence-corrected chi connectivity index (χ3v) is 5.31. The zero-order valence-electron chi connectivity index (χ0n) is 20.2. The second-order valence-corrected chi connectivity index (χ2v) is 7.92. The van der Waals surface area contributed by atoms with Crippen molar-refractivity contribution in [1.82, 2.24) is 5.32 Å². The minimum absolute atomic E-state index is 0.339. The molecule has 3 N–H and O–H groups in total. The molecule has 3 amide bonds. The van der Waals surface area contributed by atoms with Gasteiger partial charge in [-0.15, -0.1) is 0 Å². The smallest absolute Gasteiger partial charge is 0.325 e. The first-order chi connectivity index (χ1) is 17.3. The fraction of sp³-hybridized carbons (Fsp3) is 0.185. The van der Waals surface area contributed by atoms with Crippen LogP contribution in [0.3, 0.4) is 0 Å². The van der Waals surface area contributed by atoms with Crippen molar-refractivity contribution in [1.29, 1.82) is 0 Å². The molecule has 0 aliphatic rings. The molecule has 3 aromatic rings. The minimum Gasteiger partial charge on any atom is -0.495 e. The van der Waals surface area contributed by atoms with E-state index in [0.29, 0.717) is 28.3 Å². The third-order valence-electron chi connectivity index (χ3n) is 5.31. The molecule has 0 spiro atoms. The molecule has 0 fully saturated rings. The fourth-order valence-electron chi connectivity index (χ4n) is 3.18. The van der Waals surface area contributed by atoms with Gasteiger partial charge in [0.25, 0.3) is 17.7 Å². The van der Waals surface area contributed by atoms with E-state index in [9.17, 15) is 19.2 Å². The SMILES string of the molecule is COc1ccccc1NC(=O)c1ccc(NC(=O)COC(=O)CNC(=O)c2ccc(C)c(C)c2)cc1. The molecule has 9 nitrogen and oxygen atoms in total. The molecule has 9 heteroatoms. The molecule has 0 saturated heterocycles. The zero-order valence-corrected chi connectivity index (χ0v) is 20.2. The summed E-state index contributed by atoms with van der Waals surface area (Å²) >= 11 is 0. The number of carbonyl (C=O) groups is 4. The van der Waals surface area contributed by atoms with Crippen molar-refractivity contribution in [3.63, 3.8) is 0 Å². The molecule has 3 aromatic carbocycles. The number of anilines is 2. The van der Waals surface area contributed by atoms with Crippen LogP contribution in [0.2, 0.25) is 0 Å². The number of hydrogen-bond donors (Lipinski definition) is 3. The van der Waals surface area contributed by atoms with Gasteiger partial charge in [-0.1, -0.05) is 18.2 Å². The van der Waals surface area contributed by atoms with Gasteiger partial charge >= 0.3 is 5.97 Å². The van der Waals surface area contributed by atoms with Crippen molar-refractivity contribution >= 4 is 35.1 Å². The highest BCUT2D eigenvalue weighted by molar-refractivity contribution is 6.05. The summed E-state index contributed by atoms with van der Waals surface area (Å²) in [5.74, 6) is -1.52. The van der Waals surface area contributed by atoms with E-state index in [4.69, 9.17) is 9.47 Å². The molecule has 36 heavy (non-hydrogen) atoms. The number of para-hydroxylation sites is 2. The summed E-state index contributed by atoms with van der Waals surface area (Å²) in [5.41, 5.74) is 3.80. The van der Waals surface area contributed by atoms with E-state index in [-0.39, 0.29) is 12.5 Å². The van der Waals surface area contributed by atoms with Crippen LogP contribution in [-0.2, 0) is 14.3 Å². The standard InChI is InChI=1S/C27H27N3O6/c1-17-8-9-20(14-18(17)2)26(33)28-15-25(32)36-16-24(31)29-21-12-10-19(11-13-21)27(34)30-22-6-4-5-7-23(22)35-3/h4-14H,15-16H2,1-3H3,(H,28,33)(H,29,31)(H,30,34). The van der Waals surface area contributed by atoms with Crippen LogP contribution in [0.15, 0.2) is 66.7 Å².